The molecule has 0 fully saturated rings. The lowest BCUT2D eigenvalue weighted by Crippen LogP contribution is -2.18. The highest BCUT2D eigenvalue weighted by molar-refractivity contribution is 5.09. The average molecular weight is 150 g/mol. The van der Waals surface area contributed by atoms with Crippen molar-refractivity contribution >= 4 is 0 Å². The van der Waals surface area contributed by atoms with Gasteiger partial charge in [0.15, 0.2) is 0 Å². The largest absolute Gasteiger partial charge is 0.316 e. The maximum absolute atomic E-state index is 8.46. The van der Waals surface area contributed by atoms with E-state index in [1.54, 1.807) is 0 Å². The molecule has 2 nitrogen and oxygen atoms in total. The zero-order valence-corrected chi connectivity index (χ0v) is 6.71. The number of nitriles is 1. The van der Waals surface area contributed by atoms with Crippen molar-refractivity contribution < 1.29 is 0 Å². The summed E-state index contributed by atoms with van der Waals surface area (Å²) in [6, 6.07) is 1.76. The summed E-state index contributed by atoms with van der Waals surface area (Å²) < 4.78 is 0. The van der Waals surface area contributed by atoms with Gasteiger partial charge in [0.2, 0.25) is 0 Å². The van der Waals surface area contributed by atoms with Crippen LogP contribution in [0.5, 0.6) is 0 Å². The van der Waals surface area contributed by atoms with Crippen LogP contribution < -0.4 is 5.73 Å². The van der Waals surface area contributed by atoms with Crippen molar-refractivity contribution in [2.24, 2.45) is 5.73 Å². The first-order chi connectivity index (χ1) is 5.33. The van der Waals surface area contributed by atoms with E-state index in [1.807, 2.05) is 6.07 Å². The van der Waals surface area contributed by atoms with Crippen molar-refractivity contribution in [2.45, 2.75) is 38.1 Å². The van der Waals surface area contributed by atoms with Crippen LogP contribution in [0.4, 0.5) is 0 Å². The molecule has 11 heavy (non-hydrogen) atoms. The highest BCUT2D eigenvalue weighted by Gasteiger charge is 2.07. The number of hydrogen-bond acceptors (Lipinski definition) is 2. The SMILES string of the molecule is N#CC(N)CC1=CCCCC1. The Morgan fingerprint density at radius 1 is 1.64 bits per heavy atom. The van der Waals surface area contributed by atoms with Gasteiger partial charge >= 0.3 is 0 Å². The zero-order valence-electron chi connectivity index (χ0n) is 6.71. The van der Waals surface area contributed by atoms with Gasteiger partial charge in [-0.15, -0.1) is 0 Å². The lowest BCUT2D eigenvalue weighted by atomic mass is 9.95. The van der Waals surface area contributed by atoms with Crippen molar-refractivity contribution in [2.75, 3.05) is 0 Å². The third-order valence-electron chi connectivity index (χ3n) is 2.03. The predicted molar refractivity (Wildman–Crippen MR) is 44.8 cm³/mol. The van der Waals surface area contributed by atoms with Crippen LogP contribution in [-0.4, -0.2) is 6.04 Å². The minimum absolute atomic E-state index is 0.292. The Kier molecular flexibility index (Phi) is 3.13. The molecular weight excluding hydrogens is 136 g/mol. The van der Waals surface area contributed by atoms with E-state index in [1.165, 1.54) is 24.8 Å². The Hall–Kier alpha value is -0.810. The van der Waals surface area contributed by atoms with Gasteiger partial charge in [0.1, 0.15) is 0 Å². The van der Waals surface area contributed by atoms with E-state index in [4.69, 9.17) is 11.0 Å². The third-order valence-corrected chi connectivity index (χ3v) is 2.03. The molecule has 1 aliphatic rings. The summed E-state index contributed by atoms with van der Waals surface area (Å²) in [5.41, 5.74) is 6.88. The Morgan fingerprint density at radius 3 is 3.00 bits per heavy atom. The van der Waals surface area contributed by atoms with Gasteiger partial charge in [0, 0.05) is 0 Å². The van der Waals surface area contributed by atoms with E-state index in [2.05, 4.69) is 6.08 Å². The Labute approximate surface area is 67.7 Å². The van der Waals surface area contributed by atoms with Gasteiger partial charge in [-0.25, -0.2) is 0 Å². The lowest BCUT2D eigenvalue weighted by Gasteiger charge is -2.12. The zero-order chi connectivity index (χ0) is 8.10. The van der Waals surface area contributed by atoms with E-state index in [-0.39, 0.29) is 6.04 Å². The number of allylic oxidation sites excluding steroid dienone is 1. The van der Waals surface area contributed by atoms with Crippen LogP contribution in [0.25, 0.3) is 0 Å². The van der Waals surface area contributed by atoms with Gasteiger partial charge in [0.25, 0.3) is 0 Å². The maximum atomic E-state index is 8.46. The summed E-state index contributed by atoms with van der Waals surface area (Å²) in [5, 5.41) is 8.46. The second-order valence-corrected chi connectivity index (χ2v) is 3.05. The van der Waals surface area contributed by atoms with Gasteiger partial charge in [-0.1, -0.05) is 11.6 Å². The molecule has 0 aliphatic heterocycles. The van der Waals surface area contributed by atoms with Crippen LogP contribution in [-0.2, 0) is 0 Å². The fourth-order valence-corrected chi connectivity index (χ4v) is 1.42. The highest BCUT2D eigenvalue weighted by Crippen LogP contribution is 2.20. The molecule has 0 saturated carbocycles. The molecule has 1 unspecified atom stereocenters. The number of hydrogen-bond donors (Lipinski definition) is 1. The molecule has 0 saturated heterocycles. The van der Waals surface area contributed by atoms with Gasteiger partial charge < -0.3 is 5.73 Å². The standard InChI is InChI=1S/C9H14N2/c10-7-9(11)6-8-4-2-1-3-5-8/h4,9H,1-3,5-6,11H2. The molecule has 0 amide bonds. The molecule has 0 bridgehead atoms. The van der Waals surface area contributed by atoms with Crippen LogP contribution in [0.1, 0.15) is 32.1 Å². The normalized spacial score (nSPS) is 20.2. The van der Waals surface area contributed by atoms with Gasteiger partial charge in [0.05, 0.1) is 12.1 Å². The minimum atomic E-state index is -0.292. The van der Waals surface area contributed by atoms with Crippen molar-refractivity contribution in [3.05, 3.63) is 11.6 Å². The molecular formula is C9H14N2. The average Bonchev–Trinajstić information content (AvgIpc) is 2.06. The van der Waals surface area contributed by atoms with Crippen molar-refractivity contribution in [3.63, 3.8) is 0 Å². The van der Waals surface area contributed by atoms with Crippen LogP contribution in [0, 0.1) is 11.3 Å². The monoisotopic (exact) mass is 150 g/mol. The van der Waals surface area contributed by atoms with E-state index in [0.29, 0.717) is 0 Å². The molecule has 0 heterocycles. The Bertz CT molecular complexity index is 188. The van der Waals surface area contributed by atoms with Gasteiger partial charge in [-0.2, -0.15) is 5.26 Å². The molecule has 0 spiro atoms. The summed E-state index contributed by atoms with van der Waals surface area (Å²) in [6.07, 6.45) is 7.90. The molecule has 60 valence electrons. The van der Waals surface area contributed by atoms with Crippen molar-refractivity contribution in [1.29, 1.82) is 5.26 Å². The molecule has 1 rings (SSSR count). The first kappa shape index (κ1) is 8.29. The number of nitrogens with zero attached hydrogens (tertiary/aromatic N) is 1. The molecule has 1 aliphatic carbocycles. The highest BCUT2D eigenvalue weighted by atomic mass is 14.6. The third kappa shape index (κ3) is 2.73. The van der Waals surface area contributed by atoms with Crippen LogP contribution in [0.3, 0.4) is 0 Å². The Morgan fingerprint density at radius 2 is 2.45 bits per heavy atom. The van der Waals surface area contributed by atoms with E-state index in [9.17, 15) is 0 Å². The molecule has 0 radical (unpaired) electrons. The van der Waals surface area contributed by atoms with E-state index in [0.717, 1.165) is 12.8 Å². The minimum Gasteiger partial charge on any atom is -0.316 e. The number of nitrogens with two attached hydrogens (primary N) is 1. The lowest BCUT2D eigenvalue weighted by molar-refractivity contribution is 0.657. The molecule has 2 heteroatoms. The summed E-state index contributed by atoms with van der Waals surface area (Å²) in [4.78, 5) is 0. The fraction of sp³-hybridized carbons (Fsp3) is 0.667. The van der Waals surface area contributed by atoms with Crippen molar-refractivity contribution in [3.8, 4) is 6.07 Å². The summed E-state index contributed by atoms with van der Waals surface area (Å²) in [7, 11) is 0. The molecule has 2 N–H and O–H groups in total. The topological polar surface area (TPSA) is 49.8 Å². The quantitative estimate of drug-likeness (QED) is 0.609. The second kappa shape index (κ2) is 4.15. The second-order valence-electron chi connectivity index (χ2n) is 3.05. The van der Waals surface area contributed by atoms with Crippen LogP contribution in [0.2, 0.25) is 0 Å². The maximum Gasteiger partial charge on any atom is 0.0965 e. The van der Waals surface area contributed by atoms with E-state index >= 15 is 0 Å². The smallest absolute Gasteiger partial charge is 0.0965 e. The van der Waals surface area contributed by atoms with Gasteiger partial charge in [-0.3, -0.25) is 0 Å². The predicted octanol–water partition coefficient (Wildman–Crippen LogP) is 1.73. The molecule has 0 aromatic carbocycles. The number of rotatable bonds is 2. The van der Waals surface area contributed by atoms with Crippen LogP contribution in [0.15, 0.2) is 11.6 Å². The van der Waals surface area contributed by atoms with Crippen molar-refractivity contribution in [1.82, 2.24) is 0 Å². The first-order valence-corrected chi connectivity index (χ1v) is 4.16. The summed E-state index contributed by atoms with van der Waals surface area (Å²) in [5.74, 6) is 0. The first-order valence-electron chi connectivity index (χ1n) is 4.16. The van der Waals surface area contributed by atoms with Crippen LogP contribution >= 0.6 is 0 Å². The Balaban J connectivity index is 2.36. The fourth-order valence-electron chi connectivity index (χ4n) is 1.42. The summed E-state index contributed by atoms with van der Waals surface area (Å²) >= 11 is 0. The summed E-state index contributed by atoms with van der Waals surface area (Å²) in [6.45, 7) is 0. The molecule has 0 aromatic rings. The van der Waals surface area contributed by atoms with E-state index < -0.39 is 0 Å². The van der Waals surface area contributed by atoms with Gasteiger partial charge in [-0.05, 0) is 32.1 Å². The molecule has 1 atom stereocenters. The molecule has 0 aromatic heterocycles.